The number of amides is 1. The molecule has 1 aromatic carbocycles. The lowest BCUT2D eigenvalue weighted by Gasteiger charge is -2.12. The zero-order valence-electron chi connectivity index (χ0n) is 11.3. The van der Waals surface area contributed by atoms with E-state index in [0.717, 1.165) is 11.3 Å². The van der Waals surface area contributed by atoms with Crippen molar-refractivity contribution in [2.45, 2.75) is 33.2 Å². The Bertz CT molecular complexity index is 405. The lowest BCUT2D eigenvalue weighted by molar-refractivity contribution is -0.122. The van der Waals surface area contributed by atoms with E-state index in [4.69, 9.17) is 10.5 Å². The number of aryl methyl sites for hydroxylation is 2. The van der Waals surface area contributed by atoms with Gasteiger partial charge in [-0.1, -0.05) is 17.7 Å². The van der Waals surface area contributed by atoms with E-state index in [2.05, 4.69) is 11.4 Å². The molecule has 0 aliphatic heterocycles. The van der Waals surface area contributed by atoms with Crippen LogP contribution in [-0.4, -0.2) is 25.1 Å². The quantitative estimate of drug-likeness (QED) is 0.805. The van der Waals surface area contributed by atoms with Crippen molar-refractivity contribution >= 4 is 5.91 Å². The van der Waals surface area contributed by atoms with Crippen LogP contribution in [0.4, 0.5) is 0 Å². The average molecular weight is 250 g/mol. The molecule has 0 aliphatic rings. The molecule has 4 heteroatoms. The molecule has 3 N–H and O–H groups in total. The first kappa shape index (κ1) is 14.5. The van der Waals surface area contributed by atoms with Gasteiger partial charge in [-0.3, -0.25) is 4.79 Å². The van der Waals surface area contributed by atoms with Gasteiger partial charge in [-0.25, -0.2) is 0 Å². The molecule has 1 aromatic rings. The van der Waals surface area contributed by atoms with E-state index in [1.165, 1.54) is 5.56 Å². The monoisotopic (exact) mass is 250 g/mol. The molecular weight excluding hydrogens is 228 g/mol. The predicted molar refractivity (Wildman–Crippen MR) is 72.7 cm³/mol. The fourth-order valence-corrected chi connectivity index (χ4v) is 1.62. The summed E-state index contributed by atoms with van der Waals surface area (Å²) >= 11 is 0. The van der Waals surface area contributed by atoms with Gasteiger partial charge in [0, 0.05) is 12.6 Å². The van der Waals surface area contributed by atoms with Crippen molar-refractivity contribution in [3.05, 3.63) is 29.3 Å². The molecule has 0 bridgehead atoms. The van der Waals surface area contributed by atoms with Crippen LogP contribution in [0.5, 0.6) is 5.75 Å². The third-order valence-corrected chi connectivity index (χ3v) is 2.68. The zero-order valence-corrected chi connectivity index (χ0v) is 11.3. The van der Waals surface area contributed by atoms with E-state index < -0.39 is 0 Å². The number of benzene rings is 1. The number of ether oxygens (including phenoxy) is 1. The maximum absolute atomic E-state index is 11.5. The Balaban J connectivity index is 2.35. The molecule has 4 nitrogen and oxygen atoms in total. The van der Waals surface area contributed by atoms with E-state index in [1.54, 1.807) is 0 Å². The second-order valence-electron chi connectivity index (χ2n) is 4.57. The highest BCUT2D eigenvalue weighted by atomic mass is 16.5. The molecule has 0 saturated heterocycles. The Morgan fingerprint density at radius 3 is 2.78 bits per heavy atom. The van der Waals surface area contributed by atoms with E-state index in [1.807, 2.05) is 32.9 Å². The van der Waals surface area contributed by atoms with Gasteiger partial charge in [0.05, 0.1) is 13.0 Å². The summed E-state index contributed by atoms with van der Waals surface area (Å²) in [5.41, 5.74) is 7.72. The molecule has 0 fully saturated rings. The van der Waals surface area contributed by atoms with Gasteiger partial charge >= 0.3 is 0 Å². The maximum Gasteiger partial charge on any atom is 0.223 e. The molecule has 1 unspecified atom stereocenters. The van der Waals surface area contributed by atoms with Gasteiger partial charge in [-0.2, -0.15) is 0 Å². The minimum Gasteiger partial charge on any atom is -0.493 e. The first-order valence-corrected chi connectivity index (χ1v) is 6.22. The van der Waals surface area contributed by atoms with Gasteiger partial charge < -0.3 is 15.8 Å². The summed E-state index contributed by atoms with van der Waals surface area (Å²) in [6.07, 6.45) is 0.345. The van der Waals surface area contributed by atoms with Crippen LogP contribution in [-0.2, 0) is 4.79 Å². The van der Waals surface area contributed by atoms with Crippen LogP contribution in [0.2, 0.25) is 0 Å². The summed E-state index contributed by atoms with van der Waals surface area (Å²) in [6, 6.07) is 6.01. The fraction of sp³-hybridized carbons (Fsp3) is 0.500. The molecule has 0 saturated carbocycles. The second-order valence-corrected chi connectivity index (χ2v) is 4.57. The molecule has 0 aromatic heterocycles. The number of hydrogen-bond donors (Lipinski definition) is 2. The van der Waals surface area contributed by atoms with Crippen LogP contribution in [0, 0.1) is 13.8 Å². The Labute approximate surface area is 109 Å². The summed E-state index contributed by atoms with van der Waals surface area (Å²) in [5, 5.41) is 2.80. The van der Waals surface area contributed by atoms with Crippen molar-refractivity contribution < 1.29 is 9.53 Å². The molecular formula is C14H22N2O2. The predicted octanol–water partition coefficient (Wildman–Crippen LogP) is 1.54. The average Bonchev–Trinajstić information content (AvgIpc) is 2.31. The Kier molecular flexibility index (Phi) is 5.65. The summed E-state index contributed by atoms with van der Waals surface area (Å²) in [7, 11) is 0. The van der Waals surface area contributed by atoms with Crippen LogP contribution in [0.25, 0.3) is 0 Å². The first-order chi connectivity index (χ1) is 8.52. The number of carbonyl (C=O) groups excluding carboxylic acids is 1. The van der Waals surface area contributed by atoms with Gasteiger partial charge in [-0.15, -0.1) is 0 Å². The lowest BCUT2D eigenvalue weighted by atomic mass is 10.1. The number of nitrogens with one attached hydrogen (secondary N) is 1. The highest BCUT2D eigenvalue weighted by Crippen LogP contribution is 2.18. The van der Waals surface area contributed by atoms with Crippen molar-refractivity contribution in [3.63, 3.8) is 0 Å². The van der Waals surface area contributed by atoms with Gasteiger partial charge in [0.15, 0.2) is 0 Å². The Hall–Kier alpha value is -1.55. The Morgan fingerprint density at radius 2 is 2.17 bits per heavy atom. The lowest BCUT2D eigenvalue weighted by Crippen LogP contribution is -2.38. The summed E-state index contributed by atoms with van der Waals surface area (Å²) in [4.78, 5) is 11.5. The van der Waals surface area contributed by atoms with Crippen LogP contribution in [0.15, 0.2) is 18.2 Å². The van der Waals surface area contributed by atoms with E-state index >= 15 is 0 Å². The molecule has 1 amide bonds. The smallest absolute Gasteiger partial charge is 0.223 e. The topological polar surface area (TPSA) is 64.3 Å². The van der Waals surface area contributed by atoms with Crippen LogP contribution in [0.1, 0.15) is 24.5 Å². The van der Waals surface area contributed by atoms with Crippen molar-refractivity contribution in [1.82, 2.24) is 5.32 Å². The van der Waals surface area contributed by atoms with E-state index in [0.29, 0.717) is 19.6 Å². The van der Waals surface area contributed by atoms with Crippen LogP contribution >= 0.6 is 0 Å². The van der Waals surface area contributed by atoms with Crippen molar-refractivity contribution in [2.24, 2.45) is 5.73 Å². The minimum absolute atomic E-state index is 0.0126. The number of carbonyl (C=O) groups is 1. The van der Waals surface area contributed by atoms with E-state index in [9.17, 15) is 4.79 Å². The molecule has 18 heavy (non-hydrogen) atoms. The van der Waals surface area contributed by atoms with Crippen molar-refractivity contribution in [3.8, 4) is 5.75 Å². The van der Waals surface area contributed by atoms with Crippen molar-refractivity contribution in [1.29, 1.82) is 0 Å². The number of nitrogens with two attached hydrogens (primary N) is 1. The Morgan fingerprint density at radius 1 is 1.44 bits per heavy atom. The van der Waals surface area contributed by atoms with Gasteiger partial charge in [0.2, 0.25) is 5.91 Å². The normalized spacial score (nSPS) is 12.0. The van der Waals surface area contributed by atoms with Crippen molar-refractivity contribution in [2.75, 3.05) is 13.2 Å². The number of rotatable bonds is 6. The van der Waals surface area contributed by atoms with Crippen LogP contribution in [0.3, 0.4) is 0 Å². The molecule has 100 valence electrons. The molecule has 1 atom stereocenters. The highest BCUT2D eigenvalue weighted by Gasteiger charge is 2.06. The molecule has 0 aliphatic carbocycles. The molecule has 0 spiro atoms. The van der Waals surface area contributed by atoms with E-state index in [-0.39, 0.29) is 11.9 Å². The molecule has 1 rings (SSSR count). The third-order valence-electron chi connectivity index (χ3n) is 2.68. The fourth-order valence-electron chi connectivity index (χ4n) is 1.62. The third kappa shape index (κ3) is 4.75. The maximum atomic E-state index is 11.5. The molecule has 0 radical (unpaired) electrons. The van der Waals surface area contributed by atoms with Gasteiger partial charge in [0.25, 0.3) is 0 Å². The summed E-state index contributed by atoms with van der Waals surface area (Å²) in [6.45, 7) is 6.75. The van der Waals surface area contributed by atoms with Gasteiger partial charge in [0.1, 0.15) is 5.75 Å². The van der Waals surface area contributed by atoms with Crippen LogP contribution < -0.4 is 15.8 Å². The second kappa shape index (κ2) is 7.01. The van der Waals surface area contributed by atoms with Gasteiger partial charge in [-0.05, 0) is 32.4 Å². The largest absolute Gasteiger partial charge is 0.493 e. The standard InChI is InChI=1S/C14H22N2O2/c1-10-4-5-13(11(2)8-10)18-7-6-14(17)16-12(3)9-15/h4-5,8,12H,6-7,9,15H2,1-3H3,(H,16,17). The summed E-state index contributed by atoms with van der Waals surface area (Å²) in [5.74, 6) is 0.804. The number of hydrogen-bond acceptors (Lipinski definition) is 3. The first-order valence-electron chi connectivity index (χ1n) is 6.22. The summed E-state index contributed by atoms with van der Waals surface area (Å²) < 4.78 is 5.59. The minimum atomic E-state index is -0.0299. The highest BCUT2D eigenvalue weighted by molar-refractivity contribution is 5.76. The zero-order chi connectivity index (χ0) is 13.5. The SMILES string of the molecule is Cc1ccc(OCCC(=O)NC(C)CN)c(C)c1. The molecule has 0 heterocycles.